The average Bonchev–Trinajstić information content (AvgIpc) is 3.81. The van der Waals surface area contributed by atoms with Crippen LogP contribution in [-0.2, 0) is 20.9 Å². The van der Waals surface area contributed by atoms with Gasteiger partial charge in [0.15, 0.2) is 0 Å². The molecule has 3 amide bonds. The van der Waals surface area contributed by atoms with Crippen LogP contribution in [0, 0.1) is 0 Å². The molecule has 0 saturated heterocycles. The lowest BCUT2D eigenvalue weighted by Crippen LogP contribution is -2.59. The van der Waals surface area contributed by atoms with Crippen LogP contribution >= 0.6 is 11.3 Å². The van der Waals surface area contributed by atoms with E-state index >= 15 is 0 Å². The van der Waals surface area contributed by atoms with Crippen molar-refractivity contribution in [1.29, 1.82) is 0 Å². The highest BCUT2D eigenvalue weighted by Crippen LogP contribution is 2.39. The van der Waals surface area contributed by atoms with E-state index in [1.54, 1.807) is 36.3 Å². The Kier molecular flexibility index (Phi) is 8.59. The van der Waals surface area contributed by atoms with Gasteiger partial charge in [0.1, 0.15) is 22.8 Å². The van der Waals surface area contributed by atoms with Gasteiger partial charge < -0.3 is 19.9 Å². The Morgan fingerprint density at radius 3 is 2.35 bits per heavy atom. The summed E-state index contributed by atoms with van der Waals surface area (Å²) >= 11 is 1.40. The zero-order valence-electron chi connectivity index (χ0n) is 26.0. The van der Waals surface area contributed by atoms with Gasteiger partial charge in [0.05, 0.1) is 30.6 Å². The van der Waals surface area contributed by atoms with Crippen molar-refractivity contribution in [3.63, 3.8) is 0 Å². The van der Waals surface area contributed by atoms with E-state index in [0.29, 0.717) is 29.2 Å². The third kappa shape index (κ3) is 5.85. The number of fused-ring (bicyclic) bond motifs is 1. The fourth-order valence-electron chi connectivity index (χ4n) is 6.19. The number of nitrogens with one attached hydrogen (secondary N) is 1. The molecule has 2 aliphatic rings. The molecule has 2 heterocycles. The molecule has 1 aliphatic heterocycles. The van der Waals surface area contributed by atoms with Gasteiger partial charge in [0.25, 0.3) is 11.7 Å². The van der Waals surface area contributed by atoms with E-state index in [1.807, 2.05) is 72.9 Å². The number of methoxy groups -OCH3 is 1. The van der Waals surface area contributed by atoms with Crippen molar-refractivity contribution in [3.05, 3.63) is 88.7 Å². The lowest BCUT2D eigenvalue weighted by atomic mass is 9.92. The van der Waals surface area contributed by atoms with Crippen molar-refractivity contribution < 1.29 is 23.9 Å². The lowest BCUT2D eigenvalue weighted by Gasteiger charge is -2.40. The number of carbonyl (C=O) groups is 4. The van der Waals surface area contributed by atoms with Gasteiger partial charge in [-0.05, 0) is 73.5 Å². The van der Waals surface area contributed by atoms with Crippen molar-refractivity contribution in [2.75, 3.05) is 42.9 Å². The summed E-state index contributed by atoms with van der Waals surface area (Å²) in [6.45, 7) is -0.297. The first-order valence-electron chi connectivity index (χ1n) is 15.1. The quantitative estimate of drug-likeness (QED) is 0.232. The Hall–Kier alpha value is -5.03. The number of aromatic nitrogens is 1. The molecule has 46 heavy (non-hydrogen) atoms. The van der Waals surface area contributed by atoms with E-state index in [-0.39, 0.29) is 24.6 Å². The van der Waals surface area contributed by atoms with Crippen LogP contribution in [0.2, 0.25) is 0 Å². The number of carbonyl (C=O) groups excluding carboxylic acids is 4. The summed E-state index contributed by atoms with van der Waals surface area (Å²) in [6.07, 6.45) is 2.44. The molecule has 236 valence electrons. The summed E-state index contributed by atoms with van der Waals surface area (Å²) in [7, 11) is 5.50. The summed E-state index contributed by atoms with van der Waals surface area (Å²) in [6, 6.07) is 21.7. The summed E-state index contributed by atoms with van der Waals surface area (Å²) in [5.41, 5.74) is 2.75. The molecular weight excluding hydrogens is 602 g/mol. The third-order valence-corrected chi connectivity index (χ3v) is 9.55. The highest BCUT2D eigenvalue weighted by Gasteiger charge is 2.49. The van der Waals surface area contributed by atoms with Gasteiger partial charge >= 0.3 is 0 Å². The van der Waals surface area contributed by atoms with Crippen LogP contribution in [0.4, 0.5) is 17.1 Å². The number of thiazole rings is 1. The van der Waals surface area contributed by atoms with Crippen LogP contribution < -0.4 is 19.9 Å². The Morgan fingerprint density at radius 1 is 0.978 bits per heavy atom. The van der Waals surface area contributed by atoms with E-state index in [4.69, 9.17) is 9.72 Å². The number of hydrogen-bond acceptors (Lipinski definition) is 8. The molecule has 4 aromatic rings. The van der Waals surface area contributed by atoms with E-state index in [1.165, 1.54) is 16.2 Å². The van der Waals surface area contributed by atoms with Crippen molar-refractivity contribution in [2.24, 2.45) is 0 Å². The molecular formula is C35H35N5O5S. The standard InChI is InChI=1S/C35H35N5O5S/c1-38(2)25-14-12-24(13-15-25)36-34(44)35(18-6-7-19-35)40(20-30-37-28(22-46-30)23-10-16-26(45-3)17-11-23)31(41)21-39-29-9-5-4-8-27(29)32(42)33(39)43/h4-5,8-17,22H,6-7,18-21H2,1-3H3,(H,36,44). The summed E-state index contributed by atoms with van der Waals surface area (Å²) in [5.74, 6) is -1.38. The number of nitrogens with zero attached hydrogens (tertiary/aromatic N) is 4. The molecule has 0 bridgehead atoms. The van der Waals surface area contributed by atoms with Gasteiger partial charge in [0.2, 0.25) is 11.8 Å². The topological polar surface area (TPSA) is 112 Å². The second-order valence-corrected chi connectivity index (χ2v) is 12.6. The minimum Gasteiger partial charge on any atom is -0.497 e. The van der Waals surface area contributed by atoms with Crippen molar-refractivity contribution >= 4 is 51.9 Å². The Labute approximate surface area is 271 Å². The second kappa shape index (κ2) is 12.8. The summed E-state index contributed by atoms with van der Waals surface area (Å²) in [5, 5.41) is 5.64. The number of para-hydroxylation sites is 1. The first-order chi connectivity index (χ1) is 22.2. The van der Waals surface area contributed by atoms with Gasteiger partial charge in [-0.3, -0.25) is 24.1 Å². The Bertz CT molecular complexity index is 1780. The van der Waals surface area contributed by atoms with E-state index < -0.39 is 23.1 Å². The molecule has 3 aromatic carbocycles. The number of amides is 3. The van der Waals surface area contributed by atoms with Gasteiger partial charge in [-0.2, -0.15) is 0 Å². The van der Waals surface area contributed by atoms with Gasteiger partial charge in [-0.1, -0.05) is 25.0 Å². The zero-order chi connectivity index (χ0) is 32.4. The highest BCUT2D eigenvalue weighted by molar-refractivity contribution is 7.09. The molecule has 10 nitrogen and oxygen atoms in total. The van der Waals surface area contributed by atoms with Gasteiger partial charge in [-0.25, -0.2) is 4.98 Å². The molecule has 0 unspecified atom stereocenters. The molecule has 0 atom stereocenters. The smallest absolute Gasteiger partial charge is 0.299 e. The average molecular weight is 638 g/mol. The Balaban J connectivity index is 1.33. The molecule has 6 rings (SSSR count). The minimum atomic E-state index is -1.17. The van der Waals surface area contributed by atoms with E-state index in [2.05, 4.69) is 5.32 Å². The Morgan fingerprint density at radius 2 is 1.67 bits per heavy atom. The van der Waals surface area contributed by atoms with Crippen molar-refractivity contribution in [1.82, 2.24) is 9.88 Å². The fourth-order valence-corrected chi connectivity index (χ4v) is 6.98. The second-order valence-electron chi connectivity index (χ2n) is 11.7. The third-order valence-electron chi connectivity index (χ3n) is 8.72. The predicted molar refractivity (Wildman–Crippen MR) is 178 cm³/mol. The molecule has 1 aromatic heterocycles. The van der Waals surface area contributed by atoms with E-state index in [0.717, 1.165) is 35.5 Å². The lowest BCUT2D eigenvalue weighted by molar-refractivity contribution is -0.145. The predicted octanol–water partition coefficient (Wildman–Crippen LogP) is 5.39. The summed E-state index contributed by atoms with van der Waals surface area (Å²) in [4.78, 5) is 64.0. The molecule has 1 saturated carbocycles. The molecule has 11 heteroatoms. The molecule has 1 fully saturated rings. The molecule has 0 spiro atoms. The number of anilines is 3. The monoisotopic (exact) mass is 637 g/mol. The van der Waals surface area contributed by atoms with Crippen LogP contribution in [0.15, 0.2) is 78.2 Å². The fraction of sp³-hybridized carbons (Fsp3) is 0.286. The maximum atomic E-state index is 14.4. The van der Waals surface area contributed by atoms with Crippen LogP contribution in [0.5, 0.6) is 5.75 Å². The van der Waals surface area contributed by atoms with Crippen molar-refractivity contribution in [3.8, 4) is 17.0 Å². The normalized spacial score (nSPS) is 15.1. The highest BCUT2D eigenvalue weighted by atomic mass is 32.1. The SMILES string of the molecule is COc1ccc(-c2csc(CN(C(=O)CN3C(=O)C(=O)c4ccccc43)C3(C(=O)Nc4ccc(N(C)C)cc4)CCCC3)n2)cc1. The largest absolute Gasteiger partial charge is 0.497 e. The minimum absolute atomic E-state index is 0.0737. The maximum absolute atomic E-state index is 14.4. The van der Waals surface area contributed by atoms with Crippen LogP contribution in [-0.4, -0.2) is 66.7 Å². The summed E-state index contributed by atoms with van der Waals surface area (Å²) < 4.78 is 5.28. The van der Waals surface area contributed by atoms with Crippen LogP contribution in [0.1, 0.15) is 41.0 Å². The number of Topliss-reactive ketones (excluding diaryl/α,β-unsaturated/α-hetero) is 1. The first-order valence-corrected chi connectivity index (χ1v) is 16.0. The van der Waals surface area contributed by atoms with Gasteiger partial charge in [-0.15, -0.1) is 11.3 Å². The van der Waals surface area contributed by atoms with Crippen molar-refractivity contribution in [2.45, 2.75) is 37.8 Å². The number of hydrogen-bond donors (Lipinski definition) is 1. The number of ether oxygens (including phenoxy) is 1. The first kappa shape index (κ1) is 31.0. The van der Waals surface area contributed by atoms with Crippen LogP contribution in [0.25, 0.3) is 11.3 Å². The molecule has 1 aliphatic carbocycles. The molecule has 0 radical (unpaired) electrons. The van der Waals surface area contributed by atoms with Crippen LogP contribution in [0.3, 0.4) is 0 Å². The number of benzene rings is 3. The van der Waals surface area contributed by atoms with Gasteiger partial charge in [0, 0.05) is 36.4 Å². The number of rotatable bonds is 10. The van der Waals surface area contributed by atoms with E-state index in [9.17, 15) is 19.2 Å². The maximum Gasteiger partial charge on any atom is 0.299 e. The molecule has 1 N–H and O–H groups in total. The zero-order valence-corrected chi connectivity index (χ0v) is 26.8. The number of ketones is 1.